The summed E-state index contributed by atoms with van der Waals surface area (Å²) in [5, 5.41) is 3.57. The highest BCUT2D eigenvalue weighted by Crippen LogP contribution is 2.28. The van der Waals surface area contributed by atoms with Crippen LogP contribution in [0, 0.1) is 11.7 Å². The van der Waals surface area contributed by atoms with Gasteiger partial charge in [-0.2, -0.15) is 0 Å². The summed E-state index contributed by atoms with van der Waals surface area (Å²) in [5.41, 5.74) is 0.714. The van der Waals surface area contributed by atoms with Crippen molar-refractivity contribution in [1.29, 1.82) is 0 Å². The molecule has 3 rings (SSSR count). The number of carbonyl (C=O) groups excluding carboxylic acids is 2. The SMILES string of the molecule is CCOc1ccc(N(CC(=O)N(Cc2ccc(Cl)cc2Cl)C(CC)C(=O)NCC(C)C)S(=O)(=O)c2ccc(F)cc2)cc1. The van der Waals surface area contributed by atoms with Crippen LogP contribution in [0.2, 0.25) is 10.0 Å². The highest BCUT2D eigenvalue weighted by molar-refractivity contribution is 7.92. The van der Waals surface area contributed by atoms with Gasteiger partial charge in [0.05, 0.1) is 17.2 Å². The summed E-state index contributed by atoms with van der Waals surface area (Å²) in [6.07, 6.45) is 0.259. The van der Waals surface area contributed by atoms with Crippen molar-refractivity contribution in [3.8, 4) is 5.75 Å². The molecule has 232 valence electrons. The number of hydrogen-bond acceptors (Lipinski definition) is 5. The highest BCUT2D eigenvalue weighted by atomic mass is 35.5. The molecule has 0 heterocycles. The Morgan fingerprint density at radius 1 is 0.977 bits per heavy atom. The van der Waals surface area contributed by atoms with Gasteiger partial charge in [-0.25, -0.2) is 12.8 Å². The van der Waals surface area contributed by atoms with Gasteiger partial charge in [0, 0.05) is 23.1 Å². The minimum absolute atomic E-state index is 0.0733. The van der Waals surface area contributed by atoms with E-state index in [2.05, 4.69) is 5.32 Å². The first-order chi connectivity index (χ1) is 20.4. The van der Waals surface area contributed by atoms with Gasteiger partial charge in [0.25, 0.3) is 10.0 Å². The van der Waals surface area contributed by atoms with Crippen LogP contribution < -0.4 is 14.4 Å². The van der Waals surface area contributed by atoms with Crippen molar-refractivity contribution in [2.45, 2.75) is 51.6 Å². The van der Waals surface area contributed by atoms with Gasteiger partial charge in [-0.3, -0.25) is 13.9 Å². The zero-order chi connectivity index (χ0) is 31.7. The molecular formula is C31H36Cl2FN3O5S. The summed E-state index contributed by atoms with van der Waals surface area (Å²) >= 11 is 12.5. The number of benzene rings is 3. The summed E-state index contributed by atoms with van der Waals surface area (Å²) < 4.78 is 47.9. The van der Waals surface area contributed by atoms with Crippen LogP contribution in [0.3, 0.4) is 0 Å². The Balaban J connectivity index is 2.07. The predicted molar refractivity (Wildman–Crippen MR) is 167 cm³/mol. The minimum Gasteiger partial charge on any atom is -0.494 e. The summed E-state index contributed by atoms with van der Waals surface area (Å²) in [5.74, 6) is -0.927. The minimum atomic E-state index is -4.35. The molecule has 12 heteroatoms. The smallest absolute Gasteiger partial charge is 0.264 e. The van der Waals surface area contributed by atoms with Crippen LogP contribution in [0.25, 0.3) is 0 Å². The number of nitrogens with one attached hydrogen (secondary N) is 1. The molecule has 0 spiro atoms. The van der Waals surface area contributed by atoms with Crippen molar-refractivity contribution in [3.63, 3.8) is 0 Å². The maximum Gasteiger partial charge on any atom is 0.264 e. The van der Waals surface area contributed by atoms with E-state index in [0.29, 0.717) is 34.5 Å². The first-order valence-electron chi connectivity index (χ1n) is 13.9. The van der Waals surface area contributed by atoms with E-state index in [1.54, 1.807) is 31.2 Å². The van der Waals surface area contributed by atoms with E-state index >= 15 is 0 Å². The molecule has 3 aromatic rings. The molecule has 0 aromatic heterocycles. The van der Waals surface area contributed by atoms with Crippen molar-refractivity contribution in [3.05, 3.63) is 88.2 Å². The van der Waals surface area contributed by atoms with Crippen molar-refractivity contribution in [2.75, 3.05) is 24.0 Å². The highest BCUT2D eigenvalue weighted by Gasteiger charge is 2.34. The quantitative estimate of drug-likeness (QED) is 0.221. The normalized spacial score (nSPS) is 12.1. The van der Waals surface area contributed by atoms with Crippen LogP contribution in [0.4, 0.5) is 10.1 Å². The van der Waals surface area contributed by atoms with Gasteiger partial charge in [0.1, 0.15) is 24.2 Å². The summed E-state index contributed by atoms with van der Waals surface area (Å²) in [7, 11) is -4.35. The van der Waals surface area contributed by atoms with Gasteiger partial charge < -0.3 is 15.0 Å². The van der Waals surface area contributed by atoms with Crippen LogP contribution in [0.5, 0.6) is 5.75 Å². The fraction of sp³-hybridized carbons (Fsp3) is 0.355. The Hall–Kier alpha value is -3.34. The molecule has 0 saturated carbocycles. The zero-order valence-electron chi connectivity index (χ0n) is 24.5. The molecular weight excluding hydrogens is 616 g/mol. The number of hydrogen-bond donors (Lipinski definition) is 1. The van der Waals surface area contributed by atoms with Gasteiger partial charge in [0.15, 0.2) is 0 Å². The lowest BCUT2D eigenvalue weighted by Crippen LogP contribution is -2.52. The summed E-state index contributed by atoms with van der Waals surface area (Å²) in [6, 6.07) is 14.5. The lowest BCUT2D eigenvalue weighted by Gasteiger charge is -2.33. The van der Waals surface area contributed by atoms with E-state index in [9.17, 15) is 22.4 Å². The number of halogens is 3. The molecule has 0 aliphatic rings. The first kappa shape index (κ1) is 34.2. The maximum absolute atomic E-state index is 14.1. The van der Waals surface area contributed by atoms with Crippen LogP contribution in [-0.4, -0.2) is 50.9 Å². The summed E-state index contributed by atoms with van der Waals surface area (Å²) in [4.78, 5) is 28.6. The van der Waals surface area contributed by atoms with Gasteiger partial charge in [-0.05, 0) is 85.5 Å². The van der Waals surface area contributed by atoms with Gasteiger partial charge in [-0.15, -0.1) is 0 Å². The van der Waals surface area contributed by atoms with Crippen LogP contribution in [0.15, 0.2) is 71.6 Å². The Morgan fingerprint density at radius 3 is 2.19 bits per heavy atom. The van der Waals surface area contributed by atoms with Crippen molar-refractivity contribution >= 4 is 50.7 Å². The molecule has 3 aromatic carbocycles. The molecule has 43 heavy (non-hydrogen) atoms. The fourth-order valence-corrected chi connectivity index (χ4v) is 6.20. The van der Waals surface area contributed by atoms with Crippen LogP contribution >= 0.6 is 23.2 Å². The van der Waals surface area contributed by atoms with Gasteiger partial charge in [0.2, 0.25) is 11.8 Å². The van der Waals surface area contributed by atoms with E-state index < -0.39 is 34.3 Å². The number of nitrogens with zero attached hydrogens (tertiary/aromatic N) is 2. The van der Waals surface area contributed by atoms with E-state index in [-0.39, 0.29) is 35.4 Å². The molecule has 0 aliphatic heterocycles. The number of sulfonamides is 1. The number of carbonyl (C=O) groups is 2. The number of anilines is 1. The molecule has 1 unspecified atom stereocenters. The third kappa shape index (κ3) is 9.08. The van der Waals surface area contributed by atoms with E-state index in [1.807, 2.05) is 20.8 Å². The molecule has 0 saturated heterocycles. The van der Waals surface area contributed by atoms with Gasteiger partial charge in [-0.1, -0.05) is 50.0 Å². The van der Waals surface area contributed by atoms with E-state index in [1.165, 1.54) is 23.1 Å². The average molecular weight is 653 g/mol. The number of rotatable bonds is 14. The number of ether oxygens (including phenoxy) is 1. The molecule has 1 N–H and O–H groups in total. The topological polar surface area (TPSA) is 96.0 Å². The van der Waals surface area contributed by atoms with Crippen LogP contribution in [-0.2, 0) is 26.2 Å². The van der Waals surface area contributed by atoms with Crippen LogP contribution in [0.1, 0.15) is 39.7 Å². The van der Waals surface area contributed by atoms with Crippen molar-refractivity contribution in [1.82, 2.24) is 10.2 Å². The van der Waals surface area contributed by atoms with E-state index in [0.717, 1.165) is 28.6 Å². The molecule has 0 radical (unpaired) electrons. The molecule has 2 amide bonds. The third-order valence-corrected chi connectivity index (χ3v) is 8.92. The maximum atomic E-state index is 14.1. The van der Waals surface area contributed by atoms with E-state index in [4.69, 9.17) is 27.9 Å². The van der Waals surface area contributed by atoms with Gasteiger partial charge >= 0.3 is 0 Å². The Morgan fingerprint density at radius 2 is 1.63 bits per heavy atom. The monoisotopic (exact) mass is 651 g/mol. The van der Waals surface area contributed by atoms with Crippen molar-refractivity contribution < 1.29 is 27.1 Å². The molecule has 1 atom stereocenters. The molecule has 8 nitrogen and oxygen atoms in total. The lowest BCUT2D eigenvalue weighted by molar-refractivity contribution is -0.140. The van der Waals surface area contributed by atoms with Crippen molar-refractivity contribution in [2.24, 2.45) is 5.92 Å². The predicted octanol–water partition coefficient (Wildman–Crippen LogP) is 6.31. The zero-order valence-corrected chi connectivity index (χ0v) is 26.8. The summed E-state index contributed by atoms with van der Waals surface area (Å²) in [6.45, 7) is 7.58. The second kappa shape index (κ2) is 15.4. The molecule has 0 fully saturated rings. The second-order valence-electron chi connectivity index (χ2n) is 10.2. The average Bonchev–Trinajstić information content (AvgIpc) is 2.96. The third-order valence-electron chi connectivity index (χ3n) is 6.54. The molecule has 0 aliphatic carbocycles. The fourth-order valence-electron chi connectivity index (χ4n) is 4.31. The first-order valence-corrected chi connectivity index (χ1v) is 16.1. The molecule has 0 bridgehead atoms. The Labute approximate surface area is 262 Å². The largest absolute Gasteiger partial charge is 0.494 e. The Kier molecular flexibility index (Phi) is 12.2. The Bertz CT molecular complexity index is 1500. The lowest BCUT2D eigenvalue weighted by atomic mass is 10.1. The second-order valence-corrected chi connectivity index (χ2v) is 12.9. The standard InChI is InChI=1S/C31H36Cl2FN3O5S/c1-5-29(31(39)35-18-21(3)4)36(19-22-7-8-23(32)17-28(22)33)30(38)20-37(25-11-13-26(14-12-25)42-6-2)43(40,41)27-15-9-24(34)10-16-27/h7-17,21,29H,5-6,18-20H2,1-4H3,(H,35,39). The number of amides is 2.